The molecule has 7 heteroatoms. The number of nitrogens with zero attached hydrogens (tertiary/aromatic N) is 3. The van der Waals surface area contributed by atoms with Crippen molar-refractivity contribution in [2.75, 3.05) is 0 Å². The summed E-state index contributed by atoms with van der Waals surface area (Å²) in [5.74, 6) is 1.31. The fourth-order valence-corrected chi connectivity index (χ4v) is 10.6. The van der Waals surface area contributed by atoms with Gasteiger partial charge in [-0.1, -0.05) is 153 Å². The van der Waals surface area contributed by atoms with Crippen LogP contribution in [0.1, 0.15) is 113 Å². The van der Waals surface area contributed by atoms with Crippen LogP contribution < -0.4 is 0 Å². The van der Waals surface area contributed by atoms with Gasteiger partial charge in [0.15, 0.2) is 0 Å². The molecule has 0 unspecified atom stereocenters. The van der Waals surface area contributed by atoms with E-state index < -0.39 is 12.7 Å². The molecule has 0 saturated heterocycles. The summed E-state index contributed by atoms with van der Waals surface area (Å²) in [7, 11) is 0. The molecule has 13 rings (SSSR count). The quantitative estimate of drug-likeness (QED) is 0.149. The standard InChI is InChI=1S/C49H35N2O3.C19H24N.Ir/c1-27(2)36-22-31(43-24-30-13-6-9-18-41(30)52-43)23-37(28(3)4)46(36)51-47-32-14-7-5-12-29(32)20-21-40(47)50-49(51)35-17-11-16-34-39-26-44-38(25-45(39)54-48(34)35)33-15-8-10-19-42(33)53-44;1-13(2)16-12-20-18(11-17(16)19(4,5)6)15-9-7-14(3)8-10-15;/h5-16,18-28H,1-4H3;7-9,11-13H,1-6H3;/q2*-1;/i;3D3,13D;. The van der Waals surface area contributed by atoms with Crippen LogP contribution >= 0.6 is 0 Å². The van der Waals surface area contributed by atoms with Gasteiger partial charge in [-0.2, -0.15) is 0 Å². The Kier molecular flexibility index (Phi) is 11.5. The Morgan fingerprint density at radius 1 is 0.613 bits per heavy atom. The second-order valence-corrected chi connectivity index (χ2v) is 21.4. The molecule has 0 aliphatic heterocycles. The number of hydrogen-bond acceptors (Lipinski definition) is 5. The van der Waals surface area contributed by atoms with Gasteiger partial charge in [-0.05, 0) is 105 Å². The number of para-hydroxylation sites is 2. The molecule has 1 radical (unpaired) electrons. The minimum atomic E-state index is -2.13. The second kappa shape index (κ2) is 19.3. The van der Waals surface area contributed by atoms with Crippen molar-refractivity contribution >= 4 is 76.7 Å². The molecular formula is C68H59IrN3O3-2. The summed E-state index contributed by atoms with van der Waals surface area (Å²) >= 11 is 0. The molecule has 8 aromatic carbocycles. The van der Waals surface area contributed by atoms with Crippen LogP contribution in [0, 0.1) is 19.0 Å². The molecule has 0 amide bonds. The number of fused-ring (bicyclic) bond motifs is 10. The number of hydrogen-bond donors (Lipinski definition) is 0. The number of aryl methyl sites for hydroxylation is 1. The Morgan fingerprint density at radius 3 is 1.97 bits per heavy atom. The zero-order valence-electron chi connectivity index (χ0n) is 47.6. The first-order chi connectivity index (χ1) is 37.2. The summed E-state index contributed by atoms with van der Waals surface area (Å²) in [6.45, 7) is 17.0. The van der Waals surface area contributed by atoms with Crippen molar-refractivity contribution in [2.24, 2.45) is 0 Å². The zero-order chi connectivity index (χ0) is 54.6. The van der Waals surface area contributed by atoms with Gasteiger partial charge in [-0.25, -0.2) is 0 Å². The number of aromatic nitrogens is 3. The van der Waals surface area contributed by atoms with Gasteiger partial charge < -0.3 is 22.8 Å². The Morgan fingerprint density at radius 2 is 1.29 bits per heavy atom. The van der Waals surface area contributed by atoms with Crippen LogP contribution in [0.15, 0.2) is 171 Å². The normalized spacial score (nSPS) is 13.2. The minimum absolute atomic E-state index is 0. The van der Waals surface area contributed by atoms with Crippen LogP contribution in [0.5, 0.6) is 0 Å². The first kappa shape index (κ1) is 44.9. The van der Waals surface area contributed by atoms with E-state index in [1.165, 1.54) is 17.2 Å². The largest absolute Gasteiger partial charge is 0.501 e. The number of benzene rings is 8. The van der Waals surface area contributed by atoms with Crippen molar-refractivity contribution in [3.05, 3.63) is 198 Å². The molecule has 5 heterocycles. The molecule has 13 aromatic rings. The summed E-state index contributed by atoms with van der Waals surface area (Å²) in [6, 6.07) is 57.8. The Hall–Kier alpha value is -7.57. The van der Waals surface area contributed by atoms with Gasteiger partial charge in [0, 0.05) is 70.0 Å². The number of rotatable bonds is 7. The number of pyridine rings is 1. The average Bonchev–Trinajstić information content (AvgIpc) is 4.32. The van der Waals surface area contributed by atoms with Gasteiger partial charge in [0.05, 0.1) is 22.4 Å². The van der Waals surface area contributed by atoms with Crippen LogP contribution in [0.3, 0.4) is 0 Å². The average molecular weight is 1160 g/mol. The maximum absolute atomic E-state index is 8.36. The third kappa shape index (κ3) is 8.76. The first-order valence-electron chi connectivity index (χ1n) is 27.5. The topological polar surface area (TPSA) is 70.1 Å². The van der Waals surface area contributed by atoms with E-state index in [-0.39, 0.29) is 42.9 Å². The maximum Gasteiger partial charge on any atom is 0.136 e. The smallest absolute Gasteiger partial charge is 0.136 e. The molecule has 0 aliphatic carbocycles. The van der Waals surface area contributed by atoms with Crippen molar-refractivity contribution in [3.63, 3.8) is 0 Å². The molecule has 75 heavy (non-hydrogen) atoms. The van der Waals surface area contributed by atoms with Crippen LogP contribution in [-0.2, 0) is 25.5 Å². The zero-order valence-corrected chi connectivity index (χ0v) is 46.0. The van der Waals surface area contributed by atoms with E-state index in [1.807, 2.05) is 56.3 Å². The van der Waals surface area contributed by atoms with Crippen LogP contribution in [-0.4, -0.2) is 14.5 Å². The Labute approximate surface area is 457 Å². The van der Waals surface area contributed by atoms with Crippen LogP contribution in [0.2, 0.25) is 0 Å². The maximum atomic E-state index is 8.36. The van der Waals surface area contributed by atoms with Gasteiger partial charge in [0.25, 0.3) is 0 Å². The van der Waals surface area contributed by atoms with E-state index in [0.29, 0.717) is 0 Å². The van der Waals surface area contributed by atoms with E-state index in [1.54, 1.807) is 18.3 Å². The molecule has 5 aromatic heterocycles. The predicted molar refractivity (Wildman–Crippen MR) is 307 cm³/mol. The summed E-state index contributed by atoms with van der Waals surface area (Å²) in [6.07, 6.45) is 1.76. The van der Waals surface area contributed by atoms with Crippen molar-refractivity contribution in [2.45, 2.75) is 92.3 Å². The summed E-state index contributed by atoms with van der Waals surface area (Å²) < 4.78 is 52.7. The van der Waals surface area contributed by atoms with Crippen molar-refractivity contribution in [3.8, 4) is 39.7 Å². The van der Waals surface area contributed by atoms with Gasteiger partial charge in [0.1, 0.15) is 28.1 Å². The molecule has 6 nitrogen and oxygen atoms in total. The molecular weight excluding hydrogens is 1100 g/mol. The third-order valence-corrected chi connectivity index (χ3v) is 14.4. The third-order valence-electron chi connectivity index (χ3n) is 14.4. The summed E-state index contributed by atoms with van der Waals surface area (Å²) in [5.41, 5.74) is 15.2. The van der Waals surface area contributed by atoms with Crippen molar-refractivity contribution in [1.29, 1.82) is 0 Å². The Balaban J connectivity index is 0.000000224. The van der Waals surface area contributed by atoms with Crippen LogP contribution in [0.4, 0.5) is 0 Å². The van der Waals surface area contributed by atoms with E-state index in [4.69, 9.17) is 23.7 Å². The number of imidazole rings is 1. The van der Waals surface area contributed by atoms with Crippen molar-refractivity contribution < 1.29 is 38.8 Å². The van der Waals surface area contributed by atoms with Crippen LogP contribution in [0.25, 0.3) is 116 Å². The molecule has 0 spiro atoms. The van der Waals surface area contributed by atoms with E-state index >= 15 is 0 Å². The first-order valence-corrected chi connectivity index (χ1v) is 25.5. The molecule has 0 N–H and O–H groups in total. The number of furan rings is 3. The summed E-state index contributed by atoms with van der Waals surface area (Å²) in [4.78, 5) is 9.95. The van der Waals surface area contributed by atoms with Gasteiger partial charge >= 0.3 is 0 Å². The molecule has 0 saturated carbocycles. The fraction of sp³-hybridized carbons (Fsp3) is 0.206. The van der Waals surface area contributed by atoms with Gasteiger partial charge in [0.2, 0.25) is 0 Å². The van der Waals surface area contributed by atoms with E-state index in [2.05, 4.69) is 161 Å². The summed E-state index contributed by atoms with van der Waals surface area (Å²) in [5, 5.41) is 7.51. The fourth-order valence-electron chi connectivity index (χ4n) is 10.6. The SMILES string of the molecule is CC(C)c1cc(-c2cc3ccccc3o2)cc(C(C)C)c1-n1c(-c2[c-]ccc3c2oc2cc4c(cc23)oc2ccccc24)nc2ccc3ccccc3c21.[2H]C([2H])([2H])c1c[c-]c(-c2cc(C(C)(C)C)c(C([2H])(C)C)cn2)cc1.[Ir]. The molecule has 375 valence electrons. The molecule has 0 bridgehead atoms. The van der Waals surface area contributed by atoms with Gasteiger partial charge in [-0.15, -0.1) is 53.6 Å². The second-order valence-electron chi connectivity index (χ2n) is 21.4. The van der Waals surface area contributed by atoms with E-state index in [0.717, 1.165) is 127 Å². The predicted octanol–water partition coefficient (Wildman–Crippen LogP) is 19.4. The minimum Gasteiger partial charge on any atom is -0.501 e. The van der Waals surface area contributed by atoms with E-state index in [9.17, 15) is 0 Å². The van der Waals surface area contributed by atoms with Gasteiger partial charge in [-0.3, -0.25) is 4.98 Å². The monoisotopic (exact) mass is 1160 g/mol. The molecule has 0 atom stereocenters. The van der Waals surface area contributed by atoms with Crippen molar-refractivity contribution in [1.82, 2.24) is 14.5 Å². The Bertz CT molecular complexity index is 4410. The molecule has 0 aliphatic rings. The molecule has 0 fully saturated rings.